The summed E-state index contributed by atoms with van der Waals surface area (Å²) < 4.78 is 5.51. The molecule has 1 amide bonds. The molecule has 5 heteroatoms. The molecule has 124 valence electrons. The second-order valence-corrected chi connectivity index (χ2v) is 5.11. The van der Waals surface area contributed by atoms with E-state index in [1.165, 1.54) is 0 Å². The van der Waals surface area contributed by atoms with Crippen molar-refractivity contribution >= 4 is 18.3 Å². The highest BCUT2D eigenvalue weighted by Crippen LogP contribution is 2.12. The van der Waals surface area contributed by atoms with E-state index >= 15 is 0 Å². The molecule has 2 aromatic carbocycles. The molecule has 0 saturated heterocycles. The fraction of sp³-hybridized carbons (Fsp3) is 0.278. The lowest BCUT2D eigenvalue weighted by molar-refractivity contribution is -0.121. The summed E-state index contributed by atoms with van der Waals surface area (Å²) in [7, 11) is 0. The molecule has 0 spiro atoms. The van der Waals surface area contributed by atoms with E-state index in [4.69, 9.17) is 10.5 Å². The maximum Gasteiger partial charge on any atom is 0.221 e. The highest BCUT2D eigenvalue weighted by molar-refractivity contribution is 5.85. The molecule has 0 heterocycles. The van der Waals surface area contributed by atoms with Gasteiger partial charge in [0.25, 0.3) is 0 Å². The number of nitrogens with one attached hydrogen (secondary N) is 1. The van der Waals surface area contributed by atoms with Gasteiger partial charge in [0.1, 0.15) is 0 Å². The van der Waals surface area contributed by atoms with Crippen LogP contribution in [0.15, 0.2) is 60.7 Å². The monoisotopic (exact) mass is 334 g/mol. The summed E-state index contributed by atoms with van der Waals surface area (Å²) in [5.74, 6) is -0.0559. The minimum Gasteiger partial charge on any atom is -0.375 e. The van der Waals surface area contributed by atoms with Gasteiger partial charge >= 0.3 is 0 Å². The van der Waals surface area contributed by atoms with Crippen LogP contribution in [0.5, 0.6) is 0 Å². The number of halogens is 1. The first-order valence-electron chi connectivity index (χ1n) is 7.44. The molecule has 2 aromatic rings. The van der Waals surface area contributed by atoms with Crippen molar-refractivity contribution in [1.82, 2.24) is 5.32 Å². The van der Waals surface area contributed by atoms with Gasteiger partial charge in [0.2, 0.25) is 5.91 Å². The second-order valence-electron chi connectivity index (χ2n) is 5.11. The van der Waals surface area contributed by atoms with Crippen molar-refractivity contribution < 1.29 is 9.53 Å². The first kappa shape index (κ1) is 19.2. The topological polar surface area (TPSA) is 64.4 Å². The van der Waals surface area contributed by atoms with Crippen molar-refractivity contribution in [2.75, 3.05) is 13.2 Å². The lowest BCUT2D eigenvalue weighted by Crippen LogP contribution is -2.30. The van der Waals surface area contributed by atoms with Crippen LogP contribution in [0.1, 0.15) is 23.6 Å². The Morgan fingerprint density at radius 3 is 2.30 bits per heavy atom. The number of nitrogens with two attached hydrogens (primary N) is 1. The number of hydrogen-bond acceptors (Lipinski definition) is 3. The van der Waals surface area contributed by atoms with Gasteiger partial charge in [-0.05, 0) is 11.1 Å². The molecule has 1 atom stereocenters. The molecule has 0 radical (unpaired) electrons. The standard InChI is InChI=1S/C18H22N2O2.ClH/c19-17(16-9-5-2-6-10-16)13-18(21)20-11-12-22-14-15-7-3-1-4-8-15;/h1-10,17H,11-14,19H2,(H,20,21);1H. The summed E-state index contributed by atoms with van der Waals surface area (Å²) in [6.07, 6.45) is 0.280. The Morgan fingerprint density at radius 2 is 1.65 bits per heavy atom. The zero-order valence-corrected chi connectivity index (χ0v) is 13.8. The molecule has 0 aliphatic heterocycles. The lowest BCUT2D eigenvalue weighted by atomic mass is 10.0. The molecule has 0 aliphatic carbocycles. The zero-order chi connectivity index (χ0) is 15.6. The van der Waals surface area contributed by atoms with E-state index in [-0.39, 0.29) is 30.8 Å². The van der Waals surface area contributed by atoms with Gasteiger partial charge in [0.15, 0.2) is 0 Å². The van der Waals surface area contributed by atoms with Crippen molar-refractivity contribution in [2.45, 2.75) is 19.1 Å². The number of ether oxygens (including phenoxy) is 1. The number of rotatable bonds is 8. The Bertz CT molecular complexity index is 564. The number of hydrogen-bond donors (Lipinski definition) is 2. The molecule has 3 N–H and O–H groups in total. The number of benzene rings is 2. The lowest BCUT2D eigenvalue weighted by Gasteiger charge is -2.12. The van der Waals surface area contributed by atoms with Gasteiger partial charge in [-0.3, -0.25) is 4.79 Å². The van der Waals surface area contributed by atoms with E-state index < -0.39 is 0 Å². The van der Waals surface area contributed by atoms with Gasteiger partial charge in [-0.15, -0.1) is 12.4 Å². The summed E-state index contributed by atoms with van der Waals surface area (Å²) in [6, 6.07) is 19.3. The SMILES string of the molecule is Cl.NC(CC(=O)NCCOCc1ccccc1)c1ccccc1. The minimum absolute atomic E-state index is 0. The highest BCUT2D eigenvalue weighted by Gasteiger charge is 2.10. The molecule has 0 aromatic heterocycles. The largest absolute Gasteiger partial charge is 0.375 e. The average Bonchev–Trinajstić information content (AvgIpc) is 2.56. The van der Waals surface area contributed by atoms with Crippen molar-refractivity contribution in [3.8, 4) is 0 Å². The van der Waals surface area contributed by atoms with Crippen LogP contribution < -0.4 is 11.1 Å². The van der Waals surface area contributed by atoms with Crippen molar-refractivity contribution in [2.24, 2.45) is 5.73 Å². The minimum atomic E-state index is -0.272. The summed E-state index contributed by atoms with van der Waals surface area (Å²) in [6.45, 7) is 1.54. The van der Waals surface area contributed by atoms with Crippen molar-refractivity contribution in [1.29, 1.82) is 0 Å². The molecule has 4 nitrogen and oxygen atoms in total. The predicted molar refractivity (Wildman–Crippen MR) is 94.3 cm³/mol. The summed E-state index contributed by atoms with van der Waals surface area (Å²) >= 11 is 0. The molecule has 0 fully saturated rings. The maximum atomic E-state index is 11.8. The first-order chi connectivity index (χ1) is 10.8. The van der Waals surface area contributed by atoms with E-state index in [0.717, 1.165) is 11.1 Å². The normalized spacial score (nSPS) is 11.3. The van der Waals surface area contributed by atoms with Crippen LogP contribution in [-0.2, 0) is 16.1 Å². The summed E-state index contributed by atoms with van der Waals surface area (Å²) in [4.78, 5) is 11.8. The van der Waals surface area contributed by atoms with E-state index in [0.29, 0.717) is 19.8 Å². The maximum absolute atomic E-state index is 11.8. The van der Waals surface area contributed by atoms with E-state index in [1.807, 2.05) is 60.7 Å². The smallest absolute Gasteiger partial charge is 0.221 e. The van der Waals surface area contributed by atoms with Crippen LogP contribution in [0.2, 0.25) is 0 Å². The van der Waals surface area contributed by atoms with Gasteiger partial charge in [0, 0.05) is 19.0 Å². The Balaban J connectivity index is 0.00000264. The van der Waals surface area contributed by atoms with Crippen LogP contribution in [0.4, 0.5) is 0 Å². The van der Waals surface area contributed by atoms with E-state index in [2.05, 4.69) is 5.32 Å². The Morgan fingerprint density at radius 1 is 1.04 bits per heavy atom. The van der Waals surface area contributed by atoms with Crippen LogP contribution in [0.25, 0.3) is 0 Å². The van der Waals surface area contributed by atoms with Crippen LogP contribution >= 0.6 is 12.4 Å². The second kappa shape index (κ2) is 10.8. The fourth-order valence-electron chi connectivity index (χ4n) is 2.12. The Labute approximate surface area is 143 Å². The van der Waals surface area contributed by atoms with Gasteiger partial charge in [-0.1, -0.05) is 60.7 Å². The number of carbonyl (C=O) groups is 1. The summed E-state index contributed by atoms with van der Waals surface area (Å²) in [5.41, 5.74) is 8.11. The number of carbonyl (C=O) groups excluding carboxylic acids is 1. The van der Waals surface area contributed by atoms with Crippen molar-refractivity contribution in [3.05, 3.63) is 71.8 Å². The molecule has 0 saturated carbocycles. The third kappa shape index (κ3) is 7.28. The molecule has 0 aliphatic rings. The third-order valence-electron chi connectivity index (χ3n) is 3.31. The molecule has 1 unspecified atom stereocenters. The average molecular weight is 335 g/mol. The Kier molecular flexibility index (Phi) is 8.98. The molecular formula is C18H23ClN2O2. The van der Waals surface area contributed by atoms with Crippen LogP contribution in [0.3, 0.4) is 0 Å². The zero-order valence-electron chi connectivity index (χ0n) is 13.0. The van der Waals surface area contributed by atoms with Crippen molar-refractivity contribution in [3.63, 3.8) is 0 Å². The van der Waals surface area contributed by atoms with Gasteiger partial charge < -0.3 is 15.8 Å². The van der Waals surface area contributed by atoms with Gasteiger partial charge in [-0.25, -0.2) is 0 Å². The van der Waals surface area contributed by atoms with Gasteiger partial charge in [0.05, 0.1) is 13.2 Å². The first-order valence-corrected chi connectivity index (χ1v) is 7.44. The van der Waals surface area contributed by atoms with Crippen LogP contribution in [-0.4, -0.2) is 19.1 Å². The quantitative estimate of drug-likeness (QED) is 0.730. The van der Waals surface area contributed by atoms with Gasteiger partial charge in [-0.2, -0.15) is 0 Å². The summed E-state index contributed by atoms with van der Waals surface area (Å²) in [5, 5.41) is 2.83. The molecule has 23 heavy (non-hydrogen) atoms. The van der Waals surface area contributed by atoms with E-state index in [1.54, 1.807) is 0 Å². The molecule has 0 bridgehead atoms. The number of amides is 1. The predicted octanol–water partition coefficient (Wildman–Crippen LogP) is 2.83. The van der Waals surface area contributed by atoms with Crippen LogP contribution in [0, 0.1) is 0 Å². The highest BCUT2D eigenvalue weighted by atomic mass is 35.5. The van der Waals surface area contributed by atoms with E-state index in [9.17, 15) is 4.79 Å². The molecule has 2 rings (SSSR count). The fourth-order valence-corrected chi connectivity index (χ4v) is 2.12. The molecular weight excluding hydrogens is 312 g/mol. The third-order valence-corrected chi connectivity index (χ3v) is 3.31. The Hall–Kier alpha value is -1.88.